The van der Waals surface area contributed by atoms with E-state index in [1.165, 1.54) is 9.99 Å². The third kappa shape index (κ3) is 4.72. The van der Waals surface area contributed by atoms with Gasteiger partial charge in [-0.2, -0.15) is 4.31 Å². The minimum atomic E-state index is -3.60. The molecular formula is C24H30N4O3S. The first-order valence-electron chi connectivity index (χ1n) is 10.9. The lowest BCUT2D eigenvalue weighted by Gasteiger charge is -2.34. The van der Waals surface area contributed by atoms with Crippen LogP contribution in [0.3, 0.4) is 0 Å². The molecule has 2 aliphatic heterocycles. The van der Waals surface area contributed by atoms with Crippen molar-refractivity contribution in [2.75, 3.05) is 58.3 Å². The summed E-state index contributed by atoms with van der Waals surface area (Å²) in [5.74, 6) is -0.148. The lowest BCUT2D eigenvalue weighted by atomic mass is 10.1. The van der Waals surface area contributed by atoms with Gasteiger partial charge in [0.25, 0.3) is 0 Å². The molecule has 0 spiro atoms. The van der Waals surface area contributed by atoms with Gasteiger partial charge in [0.1, 0.15) is 0 Å². The van der Waals surface area contributed by atoms with Crippen LogP contribution in [0.2, 0.25) is 0 Å². The van der Waals surface area contributed by atoms with E-state index in [4.69, 9.17) is 0 Å². The second-order valence-electron chi connectivity index (χ2n) is 8.28. The van der Waals surface area contributed by atoms with Crippen molar-refractivity contribution in [3.63, 3.8) is 0 Å². The predicted molar refractivity (Wildman–Crippen MR) is 127 cm³/mol. The molecule has 1 fully saturated rings. The van der Waals surface area contributed by atoms with Gasteiger partial charge < -0.3 is 15.1 Å². The number of carbonyl (C=O) groups excluding carboxylic acids is 1. The fourth-order valence-corrected chi connectivity index (χ4v) is 5.51. The van der Waals surface area contributed by atoms with Gasteiger partial charge >= 0.3 is 0 Å². The molecule has 0 radical (unpaired) electrons. The zero-order valence-electron chi connectivity index (χ0n) is 18.6. The number of anilines is 1. The van der Waals surface area contributed by atoms with E-state index in [-0.39, 0.29) is 17.3 Å². The minimum absolute atomic E-state index is 0.148. The Bertz CT molecular complexity index is 1090. The number of likely N-dealkylation sites (N-methyl/N-ethyl adjacent to an activating group) is 2. The summed E-state index contributed by atoms with van der Waals surface area (Å²) in [6.45, 7) is 4.70. The molecule has 0 aromatic heterocycles. The van der Waals surface area contributed by atoms with E-state index < -0.39 is 10.0 Å². The number of hydrogen-bond donors (Lipinski definition) is 1. The highest BCUT2D eigenvalue weighted by Gasteiger charge is 2.27. The molecule has 2 aromatic rings. The summed E-state index contributed by atoms with van der Waals surface area (Å²) in [6.07, 6.45) is 2.10. The van der Waals surface area contributed by atoms with Gasteiger partial charge in [-0.3, -0.25) is 4.79 Å². The third-order valence-corrected chi connectivity index (χ3v) is 8.13. The quantitative estimate of drug-likeness (QED) is 0.750. The van der Waals surface area contributed by atoms with Gasteiger partial charge in [-0.05, 0) is 48.9 Å². The van der Waals surface area contributed by atoms with Crippen LogP contribution in [0.5, 0.6) is 0 Å². The van der Waals surface area contributed by atoms with E-state index in [0.29, 0.717) is 18.5 Å². The monoisotopic (exact) mass is 454 g/mol. The molecule has 0 unspecified atom stereocenters. The minimum Gasteiger partial charge on any atom is -0.369 e. The van der Waals surface area contributed by atoms with Gasteiger partial charge in [0.2, 0.25) is 15.9 Å². The summed E-state index contributed by atoms with van der Waals surface area (Å²) in [5, 5.41) is 2.59. The molecular weight excluding hydrogens is 424 g/mol. The van der Waals surface area contributed by atoms with Crippen molar-refractivity contribution in [2.24, 2.45) is 0 Å². The molecule has 32 heavy (non-hydrogen) atoms. The van der Waals surface area contributed by atoms with Crippen LogP contribution in [0.4, 0.5) is 5.69 Å². The standard InChI is InChI=1S/C24H30N4O3S/c1-25-24(29)21-11-13-28(14-12-21)32(30,31)23-9-5-20(6-10-23)19-3-7-22(8-4-19)27-17-15-26(2)16-18-27/h3-11H,12-18H2,1-2H3,(H,25,29). The van der Waals surface area contributed by atoms with Crippen LogP contribution in [0.25, 0.3) is 11.1 Å². The highest BCUT2D eigenvalue weighted by atomic mass is 32.2. The maximum atomic E-state index is 13.0. The van der Waals surface area contributed by atoms with Gasteiger partial charge in [-0.15, -0.1) is 0 Å². The number of nitrogens with one attached hydrogen (secondary N) is 1. The Morgan fingerprint density at radius 2 is 1.47 bits per heavy atom. The van der Waals surface area contributed by atoms with Gasteiger partial charge in [0, 0.05) is 57.6 Å². The van der Waals surface area contributed by atoms with Gasteiger partial charge in [0.15, 0.2) is 0 Å². The van der Waals surface area contributed by atoms with Crippen molar-refractivity contribution in [1.29, 1.82) is 0 Å². The van der Waals surface area contributed by atoms with Crippen LogP contribution in [0, 0.1) is 0 Å². The molecule has 0 atom stereocenters. The molecule has 0 saturated carbocycles. The van der Waals surface area contributed by atoms with Crippen molar-refractivity contribution in [2.45, 2.75) is 11.3 Å². The van der Waals surface area contributed by atoms with E-state index in [2.05, 4.69) is 46.4 Å². The van der Waals surface area contributed by atoms with Crippen LogP contribution < -0.4 is 10.2 Å². The van der Waals surface area contributed by atoms with E-state index in [1.54, 1.807) is 25.3 Å². The maximum absolute atomic E-state index is 13.0. The third-order valence-electron chi connectivity index (χ3n) is 6.25. The summed E-state index contributed by atoms with van der Waals surface area (Å²) in [6, 6.07) is 15.5. The van der Waals surface area contributed by atoms with E-state index in [0.717, 1.165) is 37.3 Å². The maximum Gasteiger partial charge on any atom is 0.246 e. The topological polar surface area (TPSA) is 73.0 Å². The van der Waals surface area contributed by atoms with Crippen molar-refractivity contribution < 1.29 is 13.2 Å². The van der Waals surface area contributed by atoms with Crippen molar-refractivity contribution in [3.05, 3.63) is 60.2 Å². The van der Waals surface area contributed by atoms with Gasteiger partial charge in [0.05, 0.1) is 4.90 Å². The summed E-state index contributed by atoms with van der Waals surface area (Å²) in [4.78, 5) is 16.7. The molecule has 2 aliphatic rings. The summed E-state index contributed by atoms with van der Waals surface area (Å²) in [7, 11) is 0.128. The average molecular weight is 455 g/mol. The second kappa shape index (κ2) is 9.44. The Labute approximate surface area is 190 Å². The summed E-state index contributed by atoms with van der Waals surface area (Å²) >= 11 is 0. The first-order valence-corrected chi connectivity index (χ1v) is 12.4. The van der Waals surface area contributed by atoms with Crippen molar-refractivity contribution in [3.8, 4) is 11.1 Å². The highest BCUT2D eigenvalue weighted by molar-refractivity contribution is 7.89. The SMILES string of the molecule is CNC(=O)C1=CCN(S(=O)(=O)c2ccc(-c3ccc(N4CCN(C)CC4)cc3)cc2)CC1. The number of benzene rings is 2. The molecule has 0 bridgehead atoms. The Morgan fingerprint density at radius 1 is 0.875 bits per heavy atom. The predicted octanol–water partition coefficient (Wildman–Crippen LogP) is 2.17. The number of sulfonamides is 1. The molecule has 2 heterocycles. The van der Waals surface area contributed by atoms with E-state index in [9.17, 15) is 13.2 Å². The number of carbonyl (C=O) groups is 1. The van der Waals surface area contributed by atoms with Crippen LogP contribution in [-0.4, -0.2) is 76.9 Å². The zero-order valence-corrected chi connectivity index (χ0v) is 19.4. The van der Waals surface area contributed by atoms with Crippen LogP contribution in [0.15, 0.2) is 65.1 Å². The smallest absolute Gasteiger partial charge is 0.246 e. The van der Waals surface area contributed by atoms with Crippen LogP contribution in [0.1, 0.15) is 6.42 Å². The lowest BCUT2D eigenvalue weighted by molar-refractivity contribution is -0.117. The average Bonchev–Trinajstić information content (AvgIpc) is 2.84. The van der Waals surface area contributed by atoms with Gasteiger partial charge in [-0.1, -0.05) is 30.3 Å². The van der Waals surface area contributed by atoms with E-state index in [1.807, 2.05) is 12.1 Å². The number of amides is 1. The number of nitrogens with zero attached hydrogens (tertiary/aromatic N) is 3. The Balaban J connectivity index is 1.45. The summed E-state index contributed by atoms with van der Waals surface area (Å²) < 4.78 is 27.4. The first kappa shape index (κ1) is 22.5. The zero-order chi connectivity index (χ0) is 22.7. The van der Waals surface area contributed by atoms with Gasteiger partial charge in [-0.25, -0.2) is 8.42 Å². The Kier molecular flexibility index (Phi) is 6.64. The Morgan fingerprint density at radius 3 is 2.00 bits per heavy atom. The molecule has 0 aliphatic carbocycles. The molecule has 4 rings (SSSR count). The molecule has 1 N–H and O–H groups in total. The molecule has 1 amide bonds. The van der Waals surface area contributed by atoms with Crippen LogP contribution >= 0.6 is 0 Å². The normalized spacial score (nSPS) is 18.3. The summed E-state index contributed by atoms with van der Waals surface area (Å²) in [5.41, 5.74) is 3.89. The van der Waals surface area contributed by atoms with E-state index >= 15 is 0 Å². The van der Waals surface area contributed by atoms with Crippen molar-refractivity contribution >= 4 is 21.6 Å². The number of rotatable bonds is 5. The second-order valence-corrected chi connectivity index (χ2v) is 10.2. The lowest BCUT2D eigenvalue weighted by Crippen LogP contribution is -2.44. The fraction of sp³-hybridized carbons (Fsp3) is 0.375. The highest BCUT2D eigenvalue weighted by Crippen LogP contribution is 2.27. The first-order chi connectivity index (χ1) is 15.4. The largest absolute Gasteiger partial charge is 0.369 e. The Hall–Kier alpha value is -2.68. The number of hydrogen-bond acceptors (Lipinski definition) is 5. The number of piperazine rings is 1. The van der Waals surface area contributed by atoms with Crippen molar-refractivity contribution in [1.82, 2.24) is 14.5 Å². The fourth-order valence-electron chi connectivity index (χ4n) is 4.13. The molecule has 2 aromatic carbocycles. The molecule has 170 valence electrons. The molecule has 1 saturated heterocycles. The van der Waals surface area contributed by atoms with Crippen LogP contribution in [-0.2, 0) is 14.8 Å². The molecule has 8 heteroatoms. The molecule has 7 nitrogen and oxygen atoms in total.